The fourth-order valence-electron chi connectivity index (χ4n) is 2.32. The summed E-state index contributed by atoms with van der Waals surface area (Å²) >= 11 is 3.36. The number of amides is 3. The fraction of sp³-hybridized carbons (Fsp3) is 0.222. The van der Waals surface area contributed by atoms with Gasteiger partial charge in [-0.05, 0) is 35.4 Å². The van der Waals surface area contributed by atoms with Gasteiger partial charge in [0.05, 0.1) is 19.6 Å². The van der Waals surface area contributed by atoms with E-state index in [0.29, 0.717) is 6.54 Å². The average Bonchev–Trinajstić information content (AvgIpc) is 2.60. The molecule has 2 rings (SSSR count). The highest BCUT2D eigenvalue weighted by atomic mass is 79.9. The van der Waals surface area contributed by atoms with Crippen molar-refractivity contribution in [3.05, 3.63) is 64.1 Å². The van der Waals surface area contributed by atoms with Gasteiger partial charge in [0.2, 0.25) is 5.91 Å². The molecule has 1 unspecified atom stereocenters. The number of urea groups is 1. The third kappa shape index (κ3) is 6.11. The number of halogens is 1. The predicted molar refractivity (Wildman–Crippen MR) is 99.1 cm³/mol. The van der Waals surface area contributed by atoms with Gasteiger partial charge in [-0.25, -0.2) is 4.79 Å². The Morgan fingerprint density at radius 1 is 1.12 bits per heavy atom. The van der Waals surface area contributed by atoms with Crippen molar-refractivity contribution in [1.82, 2.24) is 10.6 Å². The summed E-state index contributed by atoms with van der Waals surface area (Å²) in [7, 11) is 1.60. The monoisotopic (exact) mass is 405 g/mol. The first-order valence-corrected chi connectivity index (χ1v) is 8.48. The molecule has 4 N–H and O–H groups in total. The van der Waals surface area contributed by atoms with Crippen molar-refractivity contribution in [1.29, 1.82) is 0 Å². The Hall–Kier alpha value is -2.54. The number of carbonyl (C=O) groups is 2. The number of rotatable bonds is 7. The van der Waals surface area contributed by atoms with Gasteiger partial charge in [-0.3, -0.25) is 4.79 Å². The van der Waals surface area contributed by atoms with E-state index in [2.05, 4.69) is 26.6 Å². The van der Waals surface area contributed by atoms with Gasteiger partial charge >= 0.3 is 6.03 Å². The zero-order valence-electron chi connectivity index (χ0n) is 13.8. The van der Waals surface area contributed by atoms with E-state index in [0.717, 1.165) is 21.3 Å². The Balaban J connectivity index is 1.96. The van der Waals surface area contributed by atoms with Crippen LogP contribution >= 0.6 is 15.9 Å². The minimum atomic E-state index is -0.670. The summed E-state index contributed by atoms with van der Waals surface area (Å²) in [6.07, 6.45) is 0.0979. The molecule has 1 atom stereocenters. The lowest BCUT2D eigenvalue weighted by Crippen LogP contribution is -2.36. The molecule has 0 radical (unpaired) electrons. The van der Waals surface area contributed by atoms with Crippen LogP contribution in [0.4, 0.5) is 4.79 Å². The Kier molecular flexibility index (Phi) is 6.82. The van der Waals surface area contributed by atoms with Crippen LogP contribution in [0, 0.1) is 0 Å². The highest BCUT2D eigenvalue weighted by Crippen LogP contribution is 2.20. The van der Waals surface area contributed by atoms with Crippen molar-refractivity contribution in [2.45, 2.75) is 19.0 Å². The molecule has 0 aromatic heterocycles. The maximum Gasteiger partial charge on any atom is 0.312 e. The summed E-state index contributed by atoms with van der Waals surface area (Å²) in [5, 5.41) is 5.45. The molecule has 0 saturated carbocycles. The van der Waals surface area contributed by atoms with Crippen LogP contribution in [0.15, 0.2) is 53.0 Å². The van der Waals surface area contributed by atoms with E-state index in [1.165, 1.54) is 0 Å². The zero-order valence-corrected chi connectivity index (χ0v) is 15.4. The van der Waals surface area contributed by atoms with Crippen LogP contribution < -0.4 is 21.1 Å². The van der Waals surface area contributed by atoms with E-state index >= 15 is 0 Å². The largest absolute Gasteiger partial charge is 0.497 e. The van der Waals surface area contributed by atoms with Gasteiger partial charge in [0.15, 0.2) is 0 Å². The van der Waals surface area contributed by atoms with E-state index in [1.807, 2.05) is 48.5 Å². The van der Waals surface area contributed by atoms with Gasteiger partial charge in [0, 0.05) is 11.0 Å². The van der Waals surface area contributed by atoms with Gasteiger partial charge in [-0.2, -0.15) is 0 Å². The Morgan fingerprint density at radius 3 is 2.32 bits per heavy atom. The number of benzene rings is 2. The Bertz CT molecular complexity index is 717. The van der Waals surface area contributed by atoms with E-state index in [9.17, 15) is 9.59 Å². The minimum absolute atomic E-state index is 0.0979. The number of carbonyl (C=O) groups excluding carboxylic acids is 2. The molecule has 6 nitrogen and oxygen atoms in total. The van der Waals surface area contributed by atoms with Crippen molar-refractivity contribution < 1.29 is 14.3 Å². The van der Waals surface area contributed by atoms with Crippen LogP contribution in [0.3, 0.4) is 0 Å². The Labute approximate surface area is 154 Å². The molecule has 0 heterocycles. The molecule has 0 fully saturated rings. The Morgan fingerprint density at radius 2 is 1.76 bits per heavy atom. The van der Waals surface area contributed by atoms with E-state index in [-0.39, 0.29) is 12.3 Å². The summed E-state index contributed by atoms with van der Waals surface area (Å²) < 4.78 is 6.01. The van der Waals surface area contributed by atoms with Crippen LogP contribution in [-0.4, -0.2) is 19.0 Å². The van der Waals surface area contributed by atoms with Crippen molar-refractivity contribution in [2.24, 2.45) is 5.73 Å². The number of primary amides is 1. The van der Waals surface area contributed by atoms with Crippen LogP contribution in [0.2, 0.25) is 0 Å². The summed E-state index contributed by atoms with van der Waals surface area (Å²) in [6, 6.07) is 13.6. The van der Waals surface area contributed by atoms with E-state index < -0.39 is 12.1 Å². The molecule has 3 amide bonds. The van der Waals surface area contributed by atoms with Crippen molar-refractivity contribution in [3.63, 3.8) is 0 Å². The number of hydrogen-bond acceptors (Lipinski definition) is 3. The number of ether oxygens (including phenoxy) is 1. The molecule has 25 heavy (non-hydrogen) atoms. The molecule has 0 aliphatic rings. The van der Waals surface area contributed by atoms with E-state index in [1.54, 1.807) is 7.11 Å². The molecule has 0 bridgehead atoms. The molecular formula is C18H20BrN3O3. The second-order valence-electron chi connectivity index (χ2n) is 5.44. The quantitative estimate of drug-likeness (QED) is 0.660. The van der Waals surface area contributed by atoms with Gasteiger partial charge in [-0.1, -0.05) is 40.2 Å². The summed E-state index contributed by atoms with van der Waals surface area (Å²) in [5.74, 6) is 0.577. The lowest BCUT2D eigenvalue weighted by atomic mass is 10.0. The normalized spacial score (nSPS) is 11.4. The number of methoxy groups -OCH3 is 1. The summed E-state index contributed by atoms with van der Waals surface area (Å²) in [5.41, 5.74) is 6.99. The number of nitrogens with one attached hydrogen (secondary N) is 2. The molecule has 2 aromatic rings. The van der Waals surface area contributed by atoms with Gasteiger partial charge in [-0.15, -0.1) is 0 Å². The van der Waals surface area contributed by atoms with Crippen LogP contribution in [0.5, 0.6) is 5.75 Å². The van der Waals surface area contributed by atoms with Gasteiger partial charge in [0.1, 0.15) is 5.75 Å². The highest BCUT2D eigenvalue weighted by Gasteiger charge is 2.17. The van der Waals surface area contributed by atoms with Gasteiger partial charge in [0.25, 0.3) is 0 Å². The van der Waals surface area contributed by atoms with Crippen molar-refractivity contribution >= 4 is 27.9 Å². The number of nitrogens with two attached hydrogens (primary N) is 1. The topological polar surface area (TPSA) is 93.4 Å². The standard InChI is InChI=1S/C18H20BrN3O3/c1-25-15-8-2-12(3-9-15)11-21-17(23)10-16(22-18(20)24)13-4-6-14(19)7-5-13/h2-9,16H,10-11H2,1H3,(H,21,23)(H3,20,22,24). The maximum absolute atomic E-state index is 12.2. The first-order chi connectivity index (χ1) is 12.0. The van der Waals surface area contributed by atoms with Crippen LogP contribution in [-0.2, 0) is 11.3 Å². The zero-order chi connectivity index (χ0) is 18.2. The molecule has 7 heteroatoms. The molecule has 0 spiro atoms. The maximum atomic E-state index is 12.2. The fourth-order valence-corrected chi connectivity index (χ4v) is 2.58. The van der Waals surface area contributed by atoms with Crippen molar-refractivity contribution in [2.75, 3.05) is 7.11 Å². The molecule has 0 aliphatic carbocycles. The first-order valence-electron chi connectivity index (χ1n) is 7.69. The molecule has 2 aromatic carbocycles. The second kappa shape index (κ2) is 9.08. The molecule has 0 aliphatic heterocycles. The lowest BCUT2D eigenvalue weighted by molar-refractivity contribution is -0.121. The molecule has 132 valence electrons. The van der Waals surface area contributed by atoms with Crippen LogP contribution in [0.25, 0.3) is 0 Å². The second-order valence-corrected chi connectivity index (χ2v) is 6.36. The van der Waals surface area contributed by atoms with Crippen LogP contribution in [0.1, 0.15) is 23.6 Å². The molecular weight excluding hydrogens is 386 g/mol. The summed E-state index contributed by atoms with van der Waals surface area (Å²) in [6.45, 7) is 0.395. The van der Waals surface area contributed by atoms with E-state index in [4.69, 9.17) is 10.5 Å². The highest BCUT2D eigenvalue weighted by molar-refractivity contribution is 9.10. The lowest BCUT2D eigenvalue weighted by Gasteiger charge is -2.18. The smallest absolute Gasteiger partial charge is 0.312 e. The first kappa shape index (κ1) is 18.8. The number of hydrogen-bond donors (Lipinski definition) is 3. The third-order valence-electron chi connectivity index (χ3n) is 3.63. The van der Waals surface area contributed by atoms with Crippen molar-refractivity contribution in [3.8, 4) is 5.75 Å². The SMILES string of the molecule is COc1ccc(CNC(=O)CC(NC(N)=O)c2ccc(Br)cc2)cc1. The predicted octanol–water partition coefficient (Wildman–Crippen LogP) is 2.87. The summed E-state index contributed by atoms with van der Waals surface area (Å²) in [4.78, 5) is 23.5. The minimum Gasteiger partial charge on any atom is -0.497 e. The molecule has 0 saturated heterocycles. The average molecular weight is 406 g/mol. The third-order valence-corrected chi connectivity index (χ3v) is 4.16. The van der Waals surface area contributed by atoms with Gasteiger partial charge < -0.3 is 21.1 Å².